The quantitative estimate of drug-likeness (QED) is 0.684. The van der Waals surface area contributed by atoms with Gasteiger partial charge in [0.25, 0.3) is 5.91 Å². The molecule has 2 atom stereocenters. The molecule has 2 unspecified atom stereocenters. The van der Waals surface area contributed by atoms with Crippen LogP contribution in [0.2, 0.25) is 0 Å². The minimum atomic E-state index is -0.782. The Labute approximate surface area is 135 Å². The van der Waals surface area contributed by atoms with Crippen LogP contribution in [0.1, 0.15) is 36.2 Å². The predicted molar refractivity (Wildman–Crippen MR) is 85.6 cm³/mol. The molecule has 0 aliphatic heterocycles. The Morgan fingerprint density at radius 2 is 1.91 bits per heavy atom. The molecular formula is C18H21NO4. The van der Waals surface area contributed by atoms with E-state index in [0.717, 1.165) is 5.56 Å². The largest absolute Gasteiger partial charge is 0.465 e. The molecule has 1 aliphatic carbocycles. The number of allylic oxidation sites excluding steroid dienone is 2. The summed E-state index contributed by atoms with van der Waals surface area (Å²) >= 11 is 0. The Morgan fingerprint density at radius 1 is 1.26 bits per heavy atom. The van der Waals surface area contributed by atoms with Crippen LogP contribution in [-0.2, 0) is 14.3 Å². The highest BCUT2D eigenvalue weighted by Gasteiger charge is 2.36. The van der Waals surface area contributed by atoms with Crippen LogP contribution in [0.3, 0.4) is 0 Å². The van der Waals surface area contributed by atoms with Gasteiger partial charge in [-0.2, -0.15) is 0 Å². The standard InChI is InChI=1S/C18H21NO4/c1-4-23-18(22)16-12(3)9-14(10-15(16)20)19-17(21)13-7-5-11(2)6-8-13/h5-8,10,12,16H,4,9H2,1-3H3,(H,19,21). The van der Waals surface area contributed by atoms with Crippen molar-refractivity contribution < 1.29 is 19.1 Å². The summed E-state index contributed by atoms with van der Waals surface area (Å²) in [6.07, 6.45) is 1.79. The minimum Gasteiger partial charge on any atom is -0.465 e. The Hall–Kier alpha value is -2.43. The van der Waals surface area contributed by atoms with Crippen molar-refractivity contribution >= 4 is 17.7 Å². The average molecular weight is 315 g/mol. The van der Waals surface area contributed by atoms with Crippen molar-refractivity contribution in [3.8, 4) is 0 Å². The molecule has 122 valence electrons. The molecular weight excluding hydrogens is 294 g/mol. The van der Waals surface area contributed by atoms with Crippen molar-refractivity contribution in [3.05, 3.63) is 47.2 Å². The molecule has 1 N–H and O–H groups in total. The second-order valence-corrected chi connectivity index (χ2v) is 5.80. The summed E-state index contributed by atoms with van der Waals surface area (Å²) in [5, 5.41) is 2.76. The number of ketones is 1. The first-order valence-electron chi connectivity index (χ1n) is 7.71. The summed E-state index contributed by atoms with van der Waals surface area (Å²) in [7, 11) is 0. The lowest BCUT2D eigenvalue weighted by molar-refractivity contribution is -0.152. The van der Waals surface area contributed by atoms with E-state index in [9.17, 15) is 14.4 Å². The van der Waals surface area contributed by atoms with Gasteiger partial charge in [0.05, 0.1) is 6.61 Å². The highest BCUT2D eigenvalue weighted by atomic mass is 16.5. The second-order valence-electron chi connectivity index (χ2n) is 5.80. The summed E-state index contributed by atoms with van der Waals surface area (Å²) < 4.78 is 4.94. The number of amides is 1. The third-order valence-electron chi connectivity index (χ3n) is 3.86. The molecule has 5 nitrogen and oxygen atoms in total. The lowest BCUT2D eigenvalue weighted by Crippen LogP contribution is -2.37. The summed E-state index contributed by atoms with van der Waals surface area (Å²) in [5.41, 5.74) is 2.14. The molecule has 0 saturated heterocycles. The van der Waals surface area contributed by atoms with Gasteiger partial charge >= 0.3 is 5.97 Å². The van der Waals surface area contributed by atoms with Crippen LogP contribution in [0, 0.1) is 18.8 Å². The number of nitrogens with one attached hydrogen (secondary N) is 1. The SMILES string of the molecule is CCOC(=O)C1C(=O)C=C(NC(=O)c2ccc(C)cc2)CC1C. The van der Waals surface area contributed by atoms with E-state index in [2.05, 4.69) is 5.32 Å². The first-order chi connectivity index (χ1) is 10.9. The fourth-order valence-electron chi connectivity index (χ4n) is 2.66. The molecule has 0 heterocycles. The fraction of sp³-hybridized carbons (Fsp3) is 0.389. The zero-order chi connectivity index (χ0) is 17.0. The highest BCUT2D eigenvalue weighted by Crippen LogP contribution is 2.27. The van der Waals surface area contributed by atoms with Crippen molar-refractivity contribution in [3.63, 3.8) is 0 Å². The van der Waals surface area contributed by atoms with Crippen LogP contribution in [0.25, 0.3) is 0 Å². The van der Waals surface area contributed by atoms with Gasteiger partial charge in [-0.15, -0.1) is 0 Å². The van der Waals surface area contributed by atoms with Gasteiger partial charge in [-0.25, -0.2) is 0 Å². The summed E-state index contributed by atoms with van der Waals surface area (Å²) in [6, 6.07) is 7.19. The van der Waals surface area contributed by atoms with E-state index < -0.39 is 11.9 Å². The van der Waals surface area contributed by atoms with E-state index in [4.69, 9.17) is 4.74 Å². The number of hydrogen-bond acceptors (Lipinski definition) is 4. The van der Waals surface area contributed by atoms with E-state index in [-0.39, 0.29) is 24.2 Å². The number of ether oxygens (including phenoxy) is 1. The van der Waals surface area contributed by atoms with Crippen LogP contribution in [-0.4, -0.2) is 24.3 Å². The molecule has 1 aromatic rings. The van der Waals surface area contributed by atoms with Gasteiger partial charge < -0.3 is 10.1 Å². The summed E-state index contributed by atoms with van der Waals surface area (Å²) in [5.74, 6) is -2.06. The molecule has 1 amide bonds. The minimum absolute atomic E-state index is 0.208. The summed E-state index contributed by atoms with van der Waals surface area (Å²) in [4.78, 5) is 36.2. The highest BCUT2D eigenvalue weighted by molar-refractivity contribution is 6.07. The molecule has 1 aromatic carbocycles. The van der Waals surface area contributed by atoms with Gasteiger partial charge in [0.15, 0.2) is 5.78 Å². The van der Waals surface area contributed by atoms with Crippen LogP contribution in [0.15, 0.2) is 36.0 Å². The van der Waals surface area contributed by atoms with Gasteiger partial charge in [0.1, 0.15) is 5.92 Å². The van der Waals surface area contributed by atoms with Crippen molar-refractivity contribution in [1.29, 1.82) is 0 Å². The Kier molecular flexibility index (Phi) is 5.32. The monoisotopic (exact) mass is 315 g/mol. The second kappa shape index (κ2) is 7.22. The number of carbonyl (C=O) groups excluding carboxylic acids is 3. The fourth-order valence-corrected chi connectivity index (χ4v) is 2.66. The van der Waals surface area contributed by atoms with Crippen LogP contribution in [0.4, 0.5) is 0 Å². The maximum atomic E-state index is 12.2. The Morgan fingerprint density at radius 3 is 2.48 bits per heavy atom. The number of carbonyl (C=O) groups is 3. The smallest absolute Gasteiger partial charge is 0.317 e. The van der Waals surface area contributed by atoms with Gasteiger partial charge in [0, 0.05) is 17.3 Å². The van der Waals surface area contributed by atoms with Crippen molar-refractivity contribution in [2.24, 2.45) is 11.8 Å². The summed E-state index contributed by atoms with van der Waals surface area (Å²) in [6.45, 7) is 5.71. The first-order valence-corrected chi connectivity index (χ1v) is 7.71. The zero-order valence-corrected chi connectivity index (χ0v) is 13.6. The average Bonchev–Trinajstić information content (AvgIpc) is 2.47. The van der Waals surface area contributed by atoms with E-state index in [0.29, 0.717) is 17.7 Å². The molecule has 1 aliphatic rings. The van der Waals surface area contributed by atoms with Gasteiger partial charge in [-0.1, -0.05) is 24.6 Å². The van der Waals surface area contributed by atoms with E-state index >= 15 is 0 Å². The number of aryl methyl sites for hydroxylation is 1. The Bertz CT molecular complexity index is 645. The van der Waals surface area contributed by atoms with E-state index in [1.165, 1.54) is 6.08 Å². The van der Waals surface area contributed by atoms with Gasteiger partial charge in [0.2, 0.25) is 0 Å². The molecule has 0 fully saturated rings. The third-order valence-corrected chi connectivity index (χ3v) is 3.86. The van der Waals surface area contributed by atoms with E-state index in [1.807, 2.05) is 26.0 Å². The zero-order valence-electron chi connectivity index (χ0n) is 13.6. The normalized spacial score (nSPS) is 20.7. The van der Waals surface area contributed by atoms with Gasteiger partial charge in [-0.05, 0) is 38.3 Å². The number of benzene rings is 1. The lowest BCUT2D eigenvalue weighted by Gasteiger charge is -2.26. The molecule has 2 rings (SSSR count). The van der Waals surface area contributed by atoms with Crippen molar-refractivity contribution in [2.75, 3.05) is 6.61 Å². The van der Waals surface area contributed by atoms with Crippen molar-refractivity contribution in [1.82, 2.24) is 5.32 Å². The maximum absolute atomic E-state index is 12.2. The van der Waals surface area contributed by atoms with Crippen molar-refractivity contribution in [2.45, 2.75) is 27.2 Å². The molecule has 23 heavy (non-hydrogen) atoms. The Balaban J connectivity index is 2.08. The van der Waals surface area contributed by atoms with Crippen LogP contribution < -0.4 is 5.32 Å². The first kappa shape index (κ1) is 16.9. The number of esters is 1. The number of rotatable bonds is 4. The molecule has 0 radical (unpaired) electrons. The van der Waals surface area contributed by atoms with Gasteiger partial charge in [-0.3, -0.25) is 14.4 Å². The van der Waals surface area contributed by atoms with Crippen LogP contribution in [0.5, 0.6) is 0 Å². The lowest BCUT2D eigenvalue weighted by atomic mass is 9.82. The molecule has 0 aromatic heterocycles. The van der Waals surface area contributed by atoms with Crippen LogP contribution >= 0.6 is 0 Å². The molecule has 0 spiro atoms. The maximum Gasteiger partial charge on any atom is 0.317 e. The predicted octanol–water partition coefficient (Wildman–Crippen LogP) is 2.40. The van der Waals surface area contributed by atoms with E-state index in [1.54, 1.807) is 19.1 Å². The molecule has 0 bridgehead atoms. The third kappa shape index (κ3) is 4.06. The number of hydrogen-bond donors (Lipinski definition) is 1. The molecule has 0 saturated carbocycles. The molecule has 5 heteroatoms. The topological polar surface area (TPSA) is 72.5 Å².